The lowest BCUT2D eigenvalue weighted by Crippen LogP contribution is -2.19. The van der Waals surface area contributed by atoms with Gasteiger partial charge in [-0.25, -0.2) is 4.39 Å². The highest BCUT2D eigenvalue weighted by atomic mass is 19.4. The Labute approximate surface area is 121 Å². The number of halogens is 7. The molecule has 0 heterocycles. The summed E-state index contributed by atoms with van der Waals surface area (Å²) in [6, 6.07) is 0.711. The van der Waals surface area contributed by atoms with E-state index in [-0.39, 0.29) is 5.56 Å². The molecule has 126 valence electrons. The van der Waals surface area contributed by atoms with E-state index >= 15 is 0 Å². The van der Waals surface area contributed by atoms with E-state index < -0.39 is 54.2 Å². The molecule has 0 spiro atoms. The van der Waals surface area contributed by atoms with Crippen molar-refractivity contribution >= 4 is 0 Å². The molecule has 0 saturated carbocycles. The van der Waals surface area contributed by atoms with Crippen molar-refractivity contribution in [3.63, 3.8) is 0 Å². The molecule has 0 aliphatic heterocycles. The smallest absolute Gasteiger partial charge is 0.505 e. The van der Waals surface area contributed by atoms with Crippen LogP contribution in [0.5, 0.6) is 11.5 Å². The highest BCUT2D eigenvalue weighted by molar-refractivity contribution is 5.48. The Morgan fingerprint density at radius 3 is 2.09 bits per heavy atom. The average molecular weight is 334 g/mol. The number of ether oxygens (including phenoxy) is 1. The van der Waals surface area contributed by atoms with E-state index in [2.05, 4.69) is 4.74 Å². The van der Waals surface area contributed by atoms with Crippen LogP contribution in [0.1, 0.15) is 37.3 Å². The molecule has 0 radical (unpaired) electrons. The zero-order valence-electron chi connectivity index (χ0n) is 11.6. The third kappa shape index (κ3) is 4.96. The topological polar surface area (TPSA) is 29.5 Å². The summed E-state index contributed by atoms with van der Waals surface area (Å²) in [6.45, 7) is 2.95. The largest absolute Gasteiger partial charge is 0.573 e. The highest BCUT2D eigenvalue weighted by Crippen LogP contribution is 2.39. The molecule has 9 heteroatoms. The van der Waals surface area contributed by atoms with Crippen LogP contribution in [0.4, 0.5) is 30.7 Å². The molecule has 0 bridgehead atoms. The van der Waals surface area contributed by atoms with Crippen LogP contribution in [0.2, 0.25) is 0 Å². The zero-order chi connectivity index (χ0) is 17.3. The molecule has 1 rings (SSSR count). The summed E-state index contributed by atoms with van der Waals surface area (Å²) in [6.07, 6.45) is -12.5. The summed E-state index contributed by atoms with van der Waals surface area (Å²) in [5.41, 5.74) is -1.15. The van der Waals surface area contributed by atoms with Crippen molar-refractivity contribution < 1.29 is 40.6 Å². The minimum atomic E-state index is -5.19. The lowest BCUT2D eigenvalue weighted by molar-refractivity contribution is -0.275. The first-order valence-corrected chi connectivity index (χ1v) is 6.18. The maximum Gasteiger partial charge on any atom is 0.573 e. The fourth-order valence-corrected chi connectivity index (χ4v) is 1.83. The molecule has 2 nitrogen and oxygen atoms in total. The van der Waals surface area contributed by atoms with Gasteiger partial charge in [0.25, 0.3) is 0 Å². The van der Waals surface area contributed by atoms with Gasteiger partial charge >= 0.3 is 12.5 Å². The zero-order valence-corrected chi connectivity index (χ0v) is 11.6. The SMILES string of the molecule is CC(C)c1cc(OC(F)(F)F)c(CCC(F)(F)F)c(F)c1O. The van der Waals surface area contributed by atoms with Gasteiger partial charge < -0.3 is 9.84 Å². The predicted octanol–water partition coefficient (Wildman–Crippen LogP) is 5.05. The maximum atomic E-state index is 14.0. The quantitative estimate of drug-likeness (QED) is 0.781. The van der Waals surface area contributed by atoms with Crippen LogP contribution in [0.25, 0.3) is 0 Å². The fourth-order valence-electron chi connectivity index (χ4n) is 1.83. The minimum Gasteiger partial charge on any atom is -0.505 e. The van der Waals surface area contributed by atoms with Gasteiger partial charge in [-0.2, -0.15) is 13.2 Å². The van der Waals surface area contributed by atoms with E-state index in [1.54, 1.807) is 0 Å². The summed E-state index contributed by atoms with van der Waals surface area (Å²) in [5.74, 6) is -4.13. The summed E-state index contributed by atoms with van der Waals surface area (Å²) in [4.78, 5) is 0. The average Bonchev–Trinajstić information content (AvgIpc) is 2.29. The molecule has 0 atom stereocenters. The number of hydrogen-bond acceptors (Lipinski definition) is 2. The molecule has 0 unspecified atom stereocenters. The second-order valence-electron chi connectivity index (χ2n) is 4.92. The summed E-state index contributed by atoms with van der Waals surface area (Å²) < 4.78 is 91.2. The van der Waals surface area contributed by atoms with Gasteiger partial charge in [-0.05, 0) is 18.4 Å². The molecule has 0 fully saturated rings. The van der Waals surface area contributed by atoms with Crippen LogP contribution >= 0.6 is 0 Å². The Bertz CT molecular complexity index is 533. The molecule has 1 aromatic carbocycles. The standard InChI is InChI=1S/C13H13F7O2/c1-6(2)8-5-9(22-13(18,19)20)7(10(14)11(8)21)3-4-12(15,16)17/h5-6,21H,3-4H2,1-2H3. The number of phenols is 1. The number of hydrogen-bond donors (Lipinski definition) is 1. The van der Waals surface area contributed by atoms with Crippen LogP contribution < -0.4 is 4.74 Å². The van der Waals surface area contributed by atoms with Crippen LogP contribution in [-0.2, 0) is 6.42 Å². The van der Waals surface area contributed by atoms with E-state index in [1.165, 1.54) is 13.8 Å². The molecule has 0 aromatic heterocycles. The van der Waals surface area contributed by atoms with E-state index in [1.807, 2.05) is 0 Å². The first-order valence-electron chi connectivity index (χ1n) is 6.18. The Morgan fingerprint density at radius 2 is 1.68 bits per heavy atom. The van der Waals surface area contributed by atoms with E-state index in [0.29, 0.717) is 6.07 Å². The number of phenolic OH excluding ortho intramolecular Hbond substituents is 1. The summed E-state index contributed by atoms with van der Waals surface area (Å²) in [5, 5.41) is 9.61. The number of rotatable bonds is 4. The lowest BCUT2D eigenvalue weighted by Gasteiger charge is -2.19. The van der Waals surface area contributed by atoms with Gasteiger partial charge in [0, 0.05) is 17.5 Å². The van der Waals surface area contributed by atoms with Gasteiger partial charge in [0.1, 0.15) is 5.75 Å². The van der Waals surface area contributed by atoms with Crippen molar-refractivity contribution in [2.75, 3.05) is 0 Å². The van der Waals surface area contributed by atoms with Crippen molar-refractivity contribution in [1.29, 1.82) is 0 Å². The van der Waals surface area contributed by atoms with Crippen LogP contribution in [0.3, 0.4) is 0 Å². The maximum absolute atomic E-state index is 14.0. The van der Waals surface area contributed by atoms with Crippen molar-refractivity contribution in [1.82, 2.24) is 0 Å². The molecule has 1 N–H and O–H groups in total. The highest BCUT2D eigenvalue weighted by Gasteiger charge is 2.35. The van der Waals surface area contributed by atoms with E-state index in [0.717, 1.165) is 0 Å². The Morgan fingerprint density at radius 1 is 1.14 bits per heavy atom. The predicted molar refractivity (Wildman–Crippen MR) is 63.2 cm³/mol. The molecule has 0 saturated heterocycles. The van der Waals surface area contributed by atoms with Gasteiger partial charge in [0.2, 0.25) is 0 Å². The second kappa shape index (κ2) is 6.21. The first-order chi connectivity index (χ1) is 9.82. The number of benzene rings is 1. The third-order valence-electron chi connectivity index (χ3n) is 2.84. The van der Waals surface area contributed by atoms with Gasteiger partial charge in [0.05, 0.1) is 0 Å². The number of alkyl halides is 6. The Hall–Kier alpha value is -1.67. The Kier molecular flexibility index (Phi) is 5.19. The molecule has 1 aromatic rings. The van der Waals surface area contributed by atoms with Crippen molar-refractivity contribution in [2.45, 2.75) is 45.1 Å². The third-order valence-corrected chi connectivity index (χ3v) is 2.84. The van der Waals surface area contributed by atoms with Crippen LogP contribution in [-0.4, -0.2) is 17.6 Å². The van der Waals surface area contributed by atoms with Crippen molar-refractivity contribution in [3.05, 3.63) is 23.0 Å². The summed E-state index contributed by atoms with van der Waals surface area (Å²) in [7, 11) is 0. The molecule has 0 aliphatic rings. The van der Waals surface area contributed by atoms with Crippen LogP contribution in [0, 0.1) is 5.82 Å². The molecular formula is C13H13F7O2. The Balaban J connectivity index is 3.35. The molecule has 0 aliphatic carbocycles. The van der Waals surface area contributed by atoms with Gasteiger partial charge in [-0.3, -0.25) is 0 Å². The second-order valence-corrected chi connectivity index (χ2v) is 4.92. The summed E-state index contributed by atoms with van der Waals surface area (Å²) >= 11 is 0. The van der Waals surface area contributed by atoms with E-state index in [4.69, 9.17) is 0 Å². The minimum absolute atomic E-state index is 0.187. The first kappa shape index (κ1) is 18.4. The van der Waals surface area contributed by atoms with Gasteiger partial charge in [0.15, 0.2) is 11.6 Å². The van der Waals surface area contributed by atoms with Crippen molar-refractivity contribution in [2.24, 2.45) is 0 Å². The van der Waals surface area contributed by atoms with Gasteiger partial charge in [-0.1, -0.05) is 13.8 Å². The van der Waals surface area contributed by atoms with Crippen molar-refractivity contribution in [3.8, 4) is 11.5 Å². The van der Waals surface area contributed by atoms with E-state index in [9.17, 15) is 35.8 Å². The lowest BCUT2D eigenvalue weighted by atomic mass is 9.97. The number of aromatic hydroxyl groups is 1. The van der Waals surface area contributed by atoms with Gasteiger partial charge in [-0.15, -0.1) is 13.2 Å². The molecule has 0 amide bonds. The van der Waals surface area contributed by atoms with Crippen LogP contribution in [0.15, 0.2) is 6.07 Å². The molecular weight excluding hydrogens is 321 g/mol. The molecule has 22 heavy (non-hydrogen) atoms. The fraction of sp³-hybridized carbons (Fsp3) is 0.538. The normalized spacial score (nSPS) is 12.8. The monoisotopic (exact) mass is 334 g/mol.